The maximum atomic E-state index is 12.0. The molecular formula is C12H18BrN5O2. The van der Waals surface area contributed by atoms with Crippen molar-refractivity contribution in [3.63, 3.8) is 0 Å². The van der Waals surface area contributed by atoms with Crippen LogP contribution in [0.3, 0.4) is 0 Å². The Bertz CT molecular complexity index is 533. The van der Waals surface area contributed by atoms with Crippen LogP contribution < -0.4 is 21.5 Å². The molecule has 20 heavy (non-hydrogen) atoms. The maximum absolute atomic E-state index is 12.0. The van der Waals surface area contributed by atoms with Crippen molar-refractivity contribution in [2.75, 3.05) is 31.1 Å². The largest absolute Gasteiger partial charge is 0.355 e. The zero-order valence-corrected chi connectivity index (χ0v) is 12.6. The zero-order chi connectivity index (χ0) is 14.5. The van der Waals surface area contributed by atoms with Crippen molar-refractivity contribution in [3.05, 3.63) is 21.2 Å². The lowest BCUT2D eigenvalue weighted by Gasteiger charge is -2.33. The van der Waals surface area contributed by atoms with E-state index in [4.69, 9.17) is 5.73 Å². The lowest BCUT2D eigenvalue weighted by molar-refractivity contribution is -0.125. The molecule has 8 heteroatoms. The molecular weight excluding hydrogens is 326 g/mol. The third kappa shape index (κ3) is 3.37. The SMILES string of the molecule is NCCNC(=O)C1CCCN(c2nc[nH]c(=O)c2Br)C1. The molecule has 1 fully saturated rings. The van der Waals surface area contributed by atoms with Gasteiger partial charge in [0.1, 0.15) is 10.3 Å². The van der Waals surface area contributed by atoms with Crippen molar-refractivity contribution < 1.29 is 4.79 Å². The van der Waals surface area contributed by atoms with Gasteiger partial charge in [0.05, 0.1) is 12.2 Å². The Morgan fingerprint density at radius 2 is 2.45 bits per heavy atom. The standard InChI is InChI=1S/C12H18BrN5O2/c13-9-10(16-7-17-12(9)20)18-5-1-2-8(6-18)11(19)15-4-3-14/h7-8H,1-6,14H2,(H,15,19)(H,16,17,20). The normalized spacial score (nSPS) is 18.9. The number of hydrogen-bond donors (Lipinski definition) is 3. The van der Waals surface area contributed by atoms with Gasteiger partial charge in [-0.1, -0.05) is 0 Å². The number of halogens is 1. The Labute approximate surface area is 125 Å². The van der Waals surface area contributed by atoms with E-state index in [1.807, 2.05) is 4.90 Å². The minimum atomic E-state index is -0.218. The number of H-pyrrole nitrogens is 1. The molecule has 1 atom stereocenters. The number of amides is 1. The Morgan fingerprint density at radius 1 is 1.65 bits per heavy atom. The molecule has 1 amide bonds. The van der Waals surface area contributed by atoms with E-state index < -0.39 is 0 Å². The molecule has 0 spiro atoms. The van der Waals surface area contributed by atoms with Gasteiger partial charge < -0.3 is 20.9 Å². The van der Waals surface area contributed by atoms with E-state index in [1.165, 1.54) is 6.33 Å². The third-order valence-corrected chi connectivity index (χ3v) is 4.03. The van der Waals surface area contributed by atoms with Crippen LogP contribution in [-0.4, -0.2) is 42.1 Å². The highest BCUT2D eigenvalue weighted by Gasteiger charge is 2.27. The van der Waals surface area contributed by atoms with Crippen molar-refractivity contribution in [2.45, 2.75) is 12.8 Å². The number of aromatic amines is 1. The highest BCUT2D eigenvalue weighted by molar-refractivity contribution is 9.10. The van der Waals surface area contributed by atoms with Crippen LogP contribution in [0.15, 0.2) is 15.6 Å². The quantitative estimate of drug-likeness (QED) is 0.703. The molecule has 2 heterocycles. The summed E-state index contributed by atoms with van der Waals surface area (Å²) in [4.78, 5) is 32.2. The number of piperidine rings is 1. The minimum Gasteiger partial charge on any atom is -0.355 e. The van der Waals surface area contributed by atoms with Crippen molar-refractivity contribution in [1.82, 2.24) is 15.3 Å². The molecule has 0 radical (unpaired) electrons. The minimum absolute atomic E-state index is 0.0149. The van der Waals surface area contributed by atoms with Gasteiger partial charge in [-0.2, -0.15) is 0 Å². The Balaban J connectivity index is 2.08. The van der Waals surface area contributed by atoms with Crippen LogP contribution in [0.25, 0.3) is 0 Å². The number of carbonyl (C=O) groups is 1. The Hall–Kier alpha value is -1.41. The van der Waals surface area contributed by atoms with Gasteiger partial charge in [0.15, 0.2) is 0 Å². The number of carbonyl (C=O) groups excluding carboxylic acids is 1. The molecule has 1 aliphatic rings. The zero-order valence-electron chi connectivity index (χ0n) is 11.1. The van der Waals surface area contributed by atoms with Crippen LogP contribution in [0.5, 0.6) is 0 Å². The predicted molar refractivity (Wildman–Crippen MR) is 79.6 cm³/mol. The summed E-state index contributed by atoms with van der Waals surface area (Å²) < 4.78 is 0.406. The number of hydrogen-bond acceptors (Lipinski definition) is 5. The molecule has 1 aromatic rings. The van der Waals surface area contributed by atoms with Crippen LogP contribution in [0.2, 0.25) is 0 Å². The molecule has 0 saturated carbocycles. The molecule has 0 aromatic carbocycles. The average molecular weight is 344 g/mol. The summed E-state index contributed by atoms with van der Waals surface area (Å²) in [6.45, 7) is 2.27. The highest BCUT2D eigenvalue weighted by Crippen LogP contribution is 2.25. The van der Waals surface area contributed by atoms with E-state index in [2.05, 4.69) is 31.2 Å². The fourth-order valence-corrected chi connectivity index (χ4v) is 2.78. The lowest BCUT2D eigenvalue weighted by atomic mass is 9.97. The summed E-state index contributed by atoms with van der Waals surface area (Å²) in [5.74, 6) is 0.509. The van der Waals surface area contributed by atoms with Gasteiger partial charge in [-0.05, 0) is 28.8 Å². The molecule has 0 bridgehead atoms. The van der Waals surface area contributed by atoms with Crippen molar-refractivity contribution >= 4 is 27.7 Å². The van der Waals surface area contributed by atoms with Gasteiger partial charge in [0, 0.05) is 26.2 Å². The van der Waals surface area contributed by atoms with Crippen LogP contribution in [0.4, 0.5) is 5.82 Å². The van der Waals surface area contributed by atoms with E-state index in [0.29, 0.717) is 29.9 Å². The van der Waals surface area contributed by atoms with Crippen LogP contribution >= 0.6 is 15.9 Å². The Morgan fingerprint density at radius 3 is 3.20 bits per heavy atom. The second kappa shape index (κ2) is 6.85. The number of rotatable bonds is 4. The predicted octanol–water partition coefficient (Wildman–Crippen LogP) is -0.176. The van der Waals surface area contributed by atoms with E-state index in [0.717, 1.165) is 19.4 Å². The average Bonchev–Trinajstić information content (AvgIpc) is 2.47. The monoisotopic (exact) mass is 343 g/mol. The summed E-state index contributed by atoms with van der Waals surface area (Å²) in [6.07, 6.45) is 3.11. The summed E-state index contributed by atoms with van der Waals surface area (Å²) >= 11 is 3.25. The first kappa shape index (κ1) is 15.0. The molecule has 110 valence electrons. The molecule has 1 aromatic heterocycles. The molecule has 1 aliphatic heterocycles. The lowest BCUT2D eigenvalue weighted by Crippen LogP contribution is -2.44. The molecule has 1 saturated heterocycles. The number of nitrogens with zero attached hydrogens (tertiary/aromatic N) is 2. The van der Waals surface area contributed by atoms with Crippen molar-refractivity contribution in [3.8, 4) is 0 Å². The highest BCUT2D eigenvalue weighted by atomic mass is 79.9. The van der Waals surface area contributed by atoms with E-state index >= 15 is 0 Å². The first-order chi connectivity index (χ1) is 9.63. The Kier molecular flexibility index (Phi) is 5.13. The van der Waals surface area contributed by atoms with Crippen molar-refractivity contribution in [2.24, 2.45) is 11.7 Å². The molecule has 1 unspecified atom stereocenters. The first-order valence-corrected chi connectivity index (χ1v) is 7.38. The number of anilines is 1. The van der Waals surface area contributed by atoms with E-state index in [1.54, 1.807) is 0 Å². The van der Waals surface area contributed by atoms with Crippen molar-refractivity contribution in [1.29, 1.82) is 0 Å². The molecule has 0 aliphatic carbocycles. The maximum Gasteiger partial charge on any atom is 0.267 e. The van der Waals surface area contributed by atoms with E-state index in [-0.39, 0.29) is 17.4 Å². The van der Waals surface area contributed by atoms with Gasteiger partial charge >= 0.3 is 0 Å². The fraction of sp³-hybridized carbons (Fsp3) is 0.583. The topological polar surface area (TPSA) is 104 Å². The van der Waals surface area contributed by atoms with Gasteiger partial charge in [-0.3, -0.25) is 9.59 Å². The number of nitrogens with one attached hydrogen (secondary N) is 2. The smallest absolute Gasteiger partial charge is 0.267 e. The molecule has 4 N–H and O–H groups in total. The first-order valence-electron chi connectivity index (χ1n) is 6.59. The summed E-state index contributed by atoms with van der Waals surface area (Å²) in [6, 6.07) is 0. The van der Waals surface area contributed by atoms with Gasteiger partial charge in [0.2, 0.25) is 5.91 Å². The van der Waals surface area contributed by atoms with Crippen LogP contribution in [0, 0.1) is 5.92 Å². The van der Waals surface area contributed by atoms with Crippen LogP contribution in [-0.2, 0) is 4.79 Å². The number of aromatic nitrogens is 2. The van der Waals surface area contributed by atoms with Gasteiger partial charge in [-0.25, -0.2) is 4.98 Å². The summed E-state index contributed by atoms with van der Waals surface area (Å²) in [5, 5.41) is 2.81. The second-order valence-electron chi connectivity index (χ2n) is 4.73. The second-order valence-corrected chi connectivity index (χ2v) is 5.53. The molecule has 7 nitrogen and oxygen atoms in total. The summed E-state index contributed by atoms with van der Waals surface area (Å²) in [5.41, 5.74) is 5.16. The third-order valence-electron chi connectivity index (χ3n) is 3.31. The van der Waals surface area contributed by atoms with Gasteiger partial charge in [0.25, 0.3) is 5.56 Å². The number of nitrogens with two attached hydrogens (primary N) is 1. The van der Waals surface area contributed by atoms with Gasteiger partial charge in [-0.15, -0.1) is 0 Å². The fourth-order valence-electron chi connectivity index (χ4n) is 2.32. The van der Waals surface area contributed by atoms with E-state index in [9.17, 15) is 9.59 Å². The molecule has 2 rings (SSSR count). The van der Waals surface area contributed by atoms with Crippen LogP contribution in [0.1, 0.15) is 12.8 Å². The summed E-state index contributed by atoms with van der Waals surface area (Å²) in [7, 11) is 0.